The molecule has 0 aromatic heterocycles. The molecule has 0 aromatic carbocycles. The summed E-state index contributed by atoms with van der Waals surface area (Å²) in [6.07, 6.45) is 1.06. The van der Waals surface area contributed by atoms with E-state index < -0.39 is 11.7 Å². The van der Waals surface area contributed by atoms with E-state index in [2.05, 4.69) is 0 Å². The molecule has 0 saturated carbocycles. The lowest BCUT2D eigenvalue weighted by atomic mass is 10.2. The van der Waals surface area contributed by atoms with Gasteiger partial charge >= 0.3 is 5.97 Å². The summed E-state index contributed by atoms with van der Waals surface area (Å²) in [4.78, 5) is 12.7. The Labute approximate surface area is 82.6 Å². The molecular weight excluding hydrogens is 186 g/mol. The highest BCUT2D eigenvalue weighted by Gasteiger charge is 2.48. The fraction of sp³-hybridized carbons (Fsp3) is 0.889. The second-order valence-corrected chi connectivity index (χ2v) is 4.10. The lowest BCUT2D eigenvalue weighted by molar-refractivity contribution is -0.175. The number of ether oxygens (including phenoxy) is 2. The van der Waals surface area contributed by atoms with Gasteiger partial charge in [-0.25, -0.2) is 4.79 Å². The van der Waals surface area contributed by atoms with Gasteiger partial charge in [-0.2, -0.15) is 0 Å². The quantitative estimate of drug-likeness (QED) is 0.646. The lowest BCUT2D eigenvalue weighted by Gasteiger charge is -2.25. The Morgan fingerprint density at radius 3 is 2.71 bits per heavy atom. The number of epoxide rings is 1. The van der Waals surface area contributed by atoms with Gasteiger partial charge in [-0.15, -0.1) is 0 Å². The van der Waals surface area contributed by atoms with Crippen molar-refractivity contribution in [3.8, 4) is 0 Å². The van der Waals surface area contributed by atoms with E-state index in [1.807, 2.05) is 0 Å². The van der Waals surface area contributed by atoms with E-state index in [1.165, 1.54) is 0 Å². The molecule has 0 aromatic rings. The number of carboxylic acid groups (broad SMARTS) is 1. The number of likely N-dealkylation sites (N-methyl/N-ethyl adjacent to an activating group) is 1. The second-order valence-electron chi connectivity index (χ2n) is 4.10. The maximum atomic E-state index is 11.0. The Balaban J connectivity index is 1.97. The monoisotopic (exact) mass is 201 g/mol. The van der Waals surface area contributed by atoms with Gasteiger partial charge in [0.25, 0.3) is 0 Å². The first-order valence-corrected chi connectivity index (χ1v) is 4.76. The first-order valence-electron chi connectivity index (χ1n) is 4.76. The van der Waals surface area contributed by atoms with E-state index in [4.69, 9.17) is 14.6 Å². The highest BCUT2D eigenvalue weighted by atomic mass is 16.6. The normalized spacial score (nSPS) is 42.7. The summed E-state index contributed by atoms with van der Waals surface area (Å²) in [6.45, 7) is 3.03. The minimum absolute atomic E-state index is 0.0198. The van der Waals surface area contributed by atoms with Crippen molar-refractivity contribution in [3.05, 3.63) is 0 Å². The van der Waals surface area contributed by atoms with Crippen molar-refractivity contribution in [2.24, 2.45) is 0 Å². The molecule has 0 amide bonds. The van der Waals surface area contributed by atoms with Gasteiger partial charge in [0.05, 0.1) is 18.8 Å². The van der Waals surface area contributed by atoms with Crippen molar-refractivity contribution in [1.82, 2.24) is 4.90 Å². The number of hydrogen-bond donors (Lipinski definition) is 1. The van der Waals surface area contributed by atoms with Gasteiger partial charge in [0, 0.05) is 13.0 Å². The third-order valence-corrected chi connectivity index (χ3v) is 2.93. The van der Waals surface area contributed by atoms with Gasteiger partial charge in [0.15, 0.2) is 0 Å². The molecule has 2 saturated heterocycles. The molecule has 5 nitrogen and oxygen atoms in total. The molecule has 80 valence electrons. The van der Waals surface area contributed by atoms with Crippen molar-refractivity contribution in [1.29, 1.82) is 0 Å². The number of carbonyl (C=O) groups is 1. The predicted octanol–water partition coefficient (Wildman–Crippen LogP) is -0.0933. The molecule has 0 spiro atoms. The molecule has 2 aliphatic heterocycles. The molecule has 2 heterocycles. The summed E-state index contributed by atoms with van der Waals surface area (Å²) in [6, 6.07) is 0. The molecule has 2 rings (SSSR count). The average molecular weight is 201 g/mol. The standard InChI is InChI=1S/C9H15NO4/c1-9(8(11)12)10(2)4-6(14-9)3-7-5-13-7/h6-7H,3-5H2,1-2H3,(H,11,12)/t6?,7-,9?/m0/s1. The SMILES string of the molecule is CN1CC(C[C@H]2CO2)OC1(C)C(=O)O. The van der Waals surface area contributed by atoms with Crippen LogP contribution in [0.25, 0.3) is 0 Å². The summed E-state index contributed by atoms with van der Waals surface area (Å²) in [5.74, 6) is -0.931. The molecule has 2 aliphatic rings. The molecule has 14 heavy (non-hydrogen) atoms. The fourth-order valence-electron chi connectivity index (χ4n) is 1.77. The van der Waals surface area contributed by atoms with Crippen LogP contribution in [0.4, 0.5) is 0 Å². The maximum Gasteiger partial charge on any atom is 0.351 e. The van der Waals surface area contributed by atoms with E-state index in [1.54, 1.807) is 18.9 Å². The highest BCUT2D eigenvalue weighted by Crippen LogP contribution is 2.30. The van der Waals surface area contributed by atoms with E-state index >= 15 is 0 Å². The number of hydrogen-bond acceptors (Lipinski definition) is 4. The molecule has 0 bridgehead atoms. The summed E-state index contributed by atoms with van der Waals surface area (Å²) in [5, 5.41) is 9.01. The third-order valence-electron chi connectivity index (χ3n) is 2.93. The Hall–Kier alpha value is -0.650. The number of rotatable bonds is 3. The molecule has 0 aliphatic carbocycles. The van der Waals surface area contributed by atoms with E-state index in [9.17, 15) is 4.79 Å². The fourth-order valence-corrected chi connectivity index (χ4v) is 1.77. The maximum absolute atomic E-state index is 11.0. The van der Waals surface area contributed by atoms with Crippen LogP contribution in [0.5, 0.6) is 0 Å². The zero-order valence-electron chi connectivity index (χ0n) is 8.40. The number of carboxylic acids is 1. The molecule has 0 radical (unpaired) electrons. The van der Waals surface area contributed by atoms with E-state index in [0.717, 1.165) is 13.0 Å². The number of aliphatic carboxylic acids is 1. The van der Waals surface area contributed by atoms with Crippen molar-refractivity contribution in [3.63, 3.8) is 0 Å². The summed E-state index contributed by atoms with van der Waals surface area (Å²) >= 11 is 0. The molecule has 3 atom stereocenters. The zero-order valence-corrected chi connectivity index (χ0v) is 8.40. The molecule has 5 heteroatoms. The van der Waals surface area contributed by atoms with Crippen LogP contribution >= 0.6 is 0 Å². The van der Waals surface area contributed by atoms with Crippen LogP contribution in [-0.4, -0.2) is 54.1 Å². The molecule has 1 N–H and O–H groups in total. The van der Waals surface area contributed by atoms with Gasteiger partial charge in [0.2, 0.25) is 5.72 Å². The summed E-state index contributed by atoms with van der Waals surface area (Å²) < 4.78 is 10.6. The van der Waals surface area contributed by atoms with Crippen LogP contribution < -0.4 is 0 Å². The second kappa shape index (κ2) is 3.18. The summed E-state index contributed by atoms with van der Waals surface area (Å²) in [7, 11) is 1.77. The molecule has 2 fully saturated rings. The van der Waals surface area contributed by atoms with Crippen LogP contribution in [-0.2, 0) is 14.3 Å². The zero-order chi connectivity index (χ0) is 10.3. The Bertz CT molecular complexity index is 253. The number of nitrogens with zero attached hydrogens (tertiary/aromatic N) is 1. The highest BCUT2D eigenvalue weighted by molar-refractivity contribution is 5.76. The van der Waals surface area contributed by atoms with Gasteiger partial charge in [-0.1, -0.05) is 0 Å². The Morgan fingerprint density at radius 2 is 2.29 bits per heavy atom. The van der Waals surface area contributed by atoms with Crippen LogP contribution in [0.3, 0.4) is 0 Å². The average Bonchev–Trinajstić information content (AvgIpc) is 2.82. The molecular formula is C9H15NO4. The first-order chi connectivity index (χ1) is 6.52. The van der Waals surface area contributed by atoms with Crippen LogP contribution in [0, 0.1) is 0 Å². The van der Waals surface area contributed by atoms with E-state index in [-0.39, 0.29) is 12.2 Å². The van der Waals surface area contributed by atoms with Crippen molar-refractivity contribution < 1.29 is 19.4 Å². The van der Waals surface area contributed by atoms with Gasteiger partial charge in [0.1, 0.15) is 0 Å². The van der Waals surface area contributed by atoms with Crippen LogP contribution in [0.15, 0.2) is 0 Å². The predicted molar refractivity (Wildman–Crippen MR) is 47.9 cm³/mol. The first kappa shape index (κ1) is 9.89. The van der Waals surface area contributed by atoms with Crippen LogP contribution in [0.1, 0.15) is 13.3 Å². The van der Waals surface area contributed by atoms with Crippen molar-refractivity contribution in [2.45, 2.75) is 31.3 Å². The lowest BCUT2D eigenvalue weighted by Crippen LogP contribution is -2.46. The minimum atomic E-state index is -1.17. The smallest absolute Gasteiger partial charge is 0.351 e. The minimum Gasteiger partial charge on any atom is -0.478 e. The van der Waals surface area contributed by atoms with Gasteiger partial charge in [-0.3, -0.25) is 4.90 Å². The Morgan fingerprint density at radius 1 is 1.64 bits per heavy atom. The Kier molecular flexibility index (Phi) is 2.25. The van der Waals surface area contributed by atoms with Gasteiger partial charge < -0.3 is 14.6 Å². The topological polar surface area (TPSA) is 62.3 Å². The van der Waals surface area contributed by atoms with Crippen LogP contribution in [0.2, 0.25) is 0 Å². The van der Waals surface area contributed by atoms with Crippen molar-refractivity contribution in [2.75, 3.05) is 20.2 Å². The van der Waals surface area contributed by atoms with Crippen molar-refractivity contribution >= 4 is 5.97 Å². The molecule has 2 unspecified atom stereocenters. The van der Waals surface area contributed by atoms with E-state index in [0.29, 0.717) is 6.54 Å². The van der Waals surface area contributed by atoms with Gasteiger partial charge in [-0.05, 0) is 14.0 Å². The third kappa shape index (κ3) is 1.63. The summed E-state index contributed by atoms with van der Waals surface area (Å²) in [5.41, 5.74) is -1.17. The largest absolute Gasteiger partial charge is 0.478 e.